The number of nitrogens with one attached hydrogen (secondary N) is 1. The van der Waals surface area contributed by atoms with Crippen LogP contribution < -0.4 is 10.5 Å². The Bertz CT molecular complexity index is 757. The summed E-state index contributed by atoms with van der Waals surface area (Å²) in [7, 11) is 0. The maximum atomic E-state index is 14.1. The number of halogens is 1. The van der Waals surface area contributed by atoms with Crippen LogP contribution in [0.15, 0.2) is 35.7 Å². The summed E-state index contributed by atoms with van der Waals surface area (Å²) in [6.45, 7) is 1.75. The third-order valence-corrected chi connectivity index (χ3v) is 3.20. The molecule has 0 aliphatic carbocycles. The van der Waals surface area contributed by atoms with E-state index in [0.717, 1.165) is 0 Å². The molecule has 3 rings (SSSR count). The predicted octanol–water partition coefficient (Wildman–Crippen LogP) is 2.08. The molecule has 6 heteroatoms. The lowest BCUT2D eigenvalue weighted by atomic mass is 9.87. The van der Waals surface area contributed by atoms with Crippen LogP contribution in [0.2, 0.25) is 0 Å². The molecule has 0 bridgehead atoms. The molecular formula is C14H11FN4O. The van der Waals surface area contributed by atoms with Crippen LogP contribution in [0, 0.1) is 24.1 Å². The van der Waals surface area contributed by atoms with Gasteiger partial charge in [-0.15, -0.1) is 0 Å². The number of rotatable bonds is 1. The van der Waals surface area contributed by atoms with Crippen molar-refractivity contribution in [2.24, 2.45) is 5.73 Å². The third-order valence-electron chi connectivity index (χ3n) is 3.20. The number of hydrogen-bond acceptors (Lipinski definition) is 4. The van der Waals surface area contributed by atoms with Gasteiger partial charge in [0, 0.05) is 5.56 Å². The van der Waals surface area contributed by atoms with Gasteiger partial charge in [0.15, 0.2) is 0 Å². The zero-order valence-electron chi connectivity index (χ0n) is 10.6. The predicted molar refractivity (Wildman–Crippen MR) is 69.0 cm³/mol. The summed E-state index contributed by atoms with van der Waals surface area (Å²) in [4.78, 5) is 7.17. The Hall–Kier alpha value is -2.81. The highest BCUT2D eigenvalue weighted by molar-refractivity contribution is 5.51. The normalized spacial score (nSPS) is 17.4. The molecule has 0 saturated carbocycles. The number of nitriles is 1. The van der Waals surface area contributed by atoms with E-state index in [0.29, 0.717) is 17.1 Å². The van der Waals surface area contributed by atoms with Crippen molar-refractivity contribution in [2.45, 2.75) is 12.8 Å². The largest absolute Gasteiger partial charge is 0.420 e. The maximum Gasteiger partial charge on any atom is 0.243 e. The van der Waals surface area contributed by atoms with Gasteiger partial charge in [0.05, 0.1) is 11.6 Å². The molecule has 3 N–H and O–H groups in total. The van der Waals surface area contributed by atoms with Crippen LogP contribution in [0.4, 0.5) is 4.39 Å². The quantitative estimate of drug-likeness (QED) is 0.830. The second-order valence-electron chi connectivity index (χ2n) is 4.49. The first-order valence-electron chi connectivity index (χ1n) is 6.00. The summed E-state index contributed by atoms with van der Waals surface area (Å²) in [5.41, 5.74) is 6.82. The Morgan fingerprint density at radius 2 is 2.20 bits per heavy atom. The smallest absolute Gasteiger partial charge is 0.243 e. The fourth-order valence-electron chi connectivity index (χ4n) is 2.35. The van der Waals surface area contributed by atoms with Gasteiger partial charge in [-0.1, -0.05) is 18.2 Å². The van der Waals surface area contributed by atoms with Gasteiger partial charge < -0.3 is 15.5 Å². The minimum absolute atomic E-state index is 0.0419. The molecule has 5 nitrogen and oxygen atoms in total. The minimum atomic E-state index is -0.633. The fraction of sp³-hybridized carbons (Fsp3) is 0.143. The summed E-state index contributed by atoms with van der Waals surface area (Å²) in [5, 5.41) is 9.29. The van der Waals surface area contributed by atoms with E-state index in [-0.39, 0.29) is 17.3 Å². The lowest BCUT2D eigenvalue weighted by Crippen LogP contribution is -2.21. The summed E-state index contributed by atoms with van der Waals surface area (Å²) >= 11 is 0. The number of ether oxygens (including phenoxy) is 1. The highest BCUT2D eigenvalue weighted by atomic mass is 19.1. The molecule has 100 valence electrons. The molecule has 20 heavy (non-hydrogen) atoms. The first-order valence-corrected chi connectivity index (χ1v) is 6.00. The van der Waals surface area contributed by atoms with Gasteiger partial charge in [0.1, 0.15) is 23.3 Å². The summed E-state index contributed by atoms with van der Waals surface area (Å²) < 4.78 is 19.4. The number of nitrogens with two attached hydrogens (primary N) is 1. The van der Waals surface area contributed by atoms with Crippen molar-refractivity contribution in [1.82, 2.24) is 9.97 Å². The standard InChI is InChI=1S/C14H11FN4O/c1-7-18-12-11(8-4-2-3-5-10(8)15)9(6-16)13(17)20-14(12)19-7/h2-5,11H,17H2,1H3,(H,18,19)/t11-/m1/s1. The Balaban J connectivity index is 2.26. The van der Waals surface area contributed by atoms with Gasteiger partial charge in [-0.3, -0.25) is 0 Å². The minimum Gasteiger partial charge on any atom is -0.420 e. The molecule has 1 atom stereocenters. The molecule has 1 aromatic heterocycles. The topological polar surface area (TPSA) is 87.7 Å². The Morgan fingerprint density at radius 1 is 1.45 bits per heavy atom. The summed E-state index contributed by atoms with van der Waals surface area (Å²) in [5.74, 6) is -0.181. The molecule has 1 aromatic carbocycles. The second-order valence-corrected chi connectivity index (χ2v) is 4.49. The van der Waals surface area contributed by atoms with E-state index in [1.54, 1.807) is 25.1 Å². The number of hydrogen-bond donors (Lipinski definition) is 2. The van der Waals surface area contributed by atoms with Crippen molar-refractivity contribution in [3.8, 4) is 11.9 Å². The van der Waals surface area contributed by atoms with Gasteiger partial charge in [0.25, 0.3) is 0 Å². The van der Waals surface area contributed by atoms with Gasteiger partial charge in [-0.2, -0.15) is 10.2 Å². The van der Waals surface area contributed by atoms with Crippen LogP contribution in [0.1, 0.15) is 23.0 Å². The summed E-state index contributed by atoms with van der Waals surface area (Å²) in [6.07, 6.45) is 0. The van der Waals surface area contributed by atoms with Crippen LogP contribution in [-0.4, -0.2) is 9.97 Å². The highest BCUT2D eigenvalue weighted by Gasteiger charge is 2.34. The van der Waals surface area contributed by atoms with Gasteiger partial charge >= 0.3 is 0 Å². The number of imidazole rings is 1. The first kappa shape index (κ1) is 12.2. The number of allylic oxidation sites excluding steroid dienone is 1. The monoisotopic (exact) mass is 270 g/mol. The van der Waals surface area contributed by atoms with Crippen molar-refractivity contribution in [2.75, 3.05) is 0 Å². The zero-order valence-corrected chi connectivity index (χ0v) is 10.6. The number of nitrogens with zero attached hydrogens (tertiary/aromatic N) is 2. The summed E-state index contributed by atoms with van der Waals surface area (Å²) in [6, 6.07) is 8.27. The van der Waals surface area contributed by atoms with Gasteiger partial charge in [-0.25, -0.2) is 4.39 Å². The number of H-pyrrole nitrogens is 1. The number of fused-ring (bicyclic) bond motifs is 1. The average Bonchev–Trinajstić information content (AvgIpc) is 2.78. The highest BCUT2D eigenvalue weighted by Crippen LogP contribution is 2.41. The molecular weight excluding hydrogens is 259 g/mol. The third kappa shape index (κ3) is 1.72. The zero-order chi connectivity index (χ0) is 14.3. The molecule has 0 spiro atoms. The van der Waals surface area contributed by atoms with E-state index in [9.17, 15) is 9.65 Å². The molecule has 1 aliphatic heterocycles. The Kier molecular flexibility index (Phi) is 2.68. The van der Waals surface area contributed by atoms with Crippen molar-refractivity contribution in [3.63, 3.8) is 0 Å². The van der Waals surface area contributed by atoms with Crippen LogP contribution in [0.5, 0.6) is 5.88 Å². The van der Waals surface area contributed by atoms with E-state index in [2.05, 4.69) is 9.97 Å². The van der Waals surface area contributed by atoms with E-state index in [4.69, 9.17) is 10.5 Å². The molecule has 1 aliphatic rings. The molecule has 0 unspecified atom stereocenters. The van der Waals surface area contributed by atoms with Crippen molar-refractivity contribution in [1.29, 1.82) is 5.26 Å². The number of benzene rings is 1. The molecule has 0 fully saturated rings. The molecule has 2 heterocycles. The molecule has 0 radical (unpaired) electrons. The second kappa shape index (κ2) is 4.38. The van der Waals surface area contributed by atoms with E-state index < -0.39 is 11.7 Å². The average molecular weight is 270 g/mol. The van der Waals surface area contributed by atoms with Crippen LogP contribution >= 0.6 is 0 Å². The lowest BCUT2D eigenvalue weighted by molar-refractivity contribution is 0.378. The van der Waals surface area contributed by atoms with Crippen LogP contribution in [0.3, 0.4) is 0 Å². The van der Waals surface area contributed by atoms with Crippen molar-refractivity contribution >= 4 is 0 Å². The number of aryl methyl sites for hydroxylation is 1. The Morgan fingerprint density at radius 3 is 2.90 bits per heavy atom. The SMILES string of the molecule is Cc1nc2c([nH]1)[C@H](c1ccccc1F)C(C#N)=C(N)O2. The van der Waals surface area contributed by atoms with Crippen molar-refractivity contribution in [3.05, 3.63) is 58.6 Å². The van der Waals surface area contributed by atoms with Gasteiger partial charge in [0.2, 0.25) is 11.8 Å². The Labute approximate surface area is 114 Å². The van der Waals surface area contributed by atoms with E-state index in [1.165, 1.54) is 6.07 Å². The maximum absolute atomic E-state index is 14.1. The van der Waals surface area contributed by atoms with E-state index in [1.807, 2.05) is 6.07 Å². The number of aromatic amines is 1. The molecule has 0 saturated heterocycles. The lowest BCUT2D eigenvalue weighted by Gasteiger charge is -2.22. The molecule has 0 amide bonds. The van der Waals surface area contributed by atoms with Crippen molar-refractivity contribution < 1.29 is 9.13 Å². The fourth-order valence-corrected chi connectivity index (χ4v) is 2.35. The molecule has 2 aromatic rings. The van der Waals surface area contributed by atoms with Crippen LogP contribution in [0.25, 0.3) is 0 Å². The van der Waals surface area contributed by atoms with Gasteiger partial charge in [-0.05, 0) is 13.0 Å². The van der Waals surface area contributed by atoms with Crippen LogP contribution in [-0.2, 0) is 0 Å². The van der Waals surface area contributed by atoms with E-state index >= 15 is 0 Å². The first-order chi connectivity index (χ1) is 9.61. The number of aromatic nitrogens is 2.